The molecular formula is C19H17F2N3O. The normalized spacial score (nSPS) is 10.8. The summed E-state index contributed by atoms with van der Waals surface area (Å²) in [5.41, 5.74) is 2.48. The zero-order valence-corrected chi connectivity index (χ0v) is 13.6. The molecule has 0 fully saturated rings. The Hall–Kier alpha value is -2.86. The van der Waals surface area contributed by atoms with Gasteiger partial charge in [0.2, 0.25) is 0 Å². The van der Waals surface area contributed by atoms with Gasteiger partial charge in [0, 0.05) is 36.0 Å². The number of nitrogens with one attached hydrogen (secondary N) is 2. The quantitative estimate of drug-likeness (QED) is 0.674. The third-order valence-corrected chi connectivity index (χ3v) is 3.97. The van der Waals surface area contributed by atoms with Gasteiger partial charge in [0.15, 0.2) is 12.1 Å². The molecule has 128 valence electrons. The SMILES string of the molecule is CNCCc1[nH]c(-c2ccnc(-c3cccc(F)c3)c2)c(F)c1C=O. The van der Waals surface area contributed by atoms with Crippen molar-refractivity contribution in [1.29, 1.82) is 0 Å². The lowest BCUT2D eigenvalue weighted by Crippen LogP contribution is -2.11. The maximum Gasteiger partial charge on any atom is 0.159 e. The average Bonchev–Trinajstić information content (AvgIpc) is 2.95. The lowest BCUT2D eigenvalue weighted by Gasteiger charge is -2.04. The van der Waals surface area contributed by atoms with Crippen molar-refractivity contribution in [3.63, 3.8) is 0 Å². The van der Waals surface area contributed by atoms with Crippen LogP contribution in [0.1, 0.15) is 16.1 Å². The van der Waals surface area contributed by atoms with Crippen LogP contribution in [0.15, 0.2) is 42.6 Å². The van der Waals surface area contributed by atoms with Gasteiger partial charge in [-0.05, 0) is 31.3 Å². The van der Waals surface area contributed by atoms with Gasteiger partial charge < -0.3 is 10.3 Å². The fourth-order valence-electron chi connectivity index (χ4n) is 2.70. The number of likely N-dealkylation sites (N-methyl/N-ethyl adjacent to an activating group) is 1. The predicted molar refractivity (Wildman–Crippen MR) is 92.4 cm³/mol. The smallest absolute Gasteiger partial charge is 0.159 e. The summed E-state index contributed by atoms with van der Waals surface area (Å²) in [7, 11) is 1.79. The van der Waals surface area contributed by atoms with Crippen molar-refractivity contribution in [3.8, 4) is 22.5 Å². The zero-order chi connectivity index (χ0) is 17.8. The lowest BCUT2D eigenvalue weighted by molar-refractivity contribution is 0.111. The average molecular weight is 341 g/mol. The molecule has 0 aliphatic carbocycles. The molecule has 25 heavy (non-hydrogen) atoms. The molecule has 6 heteroatoms. The van der Waals surface area contributed by atoms with Crippen molar-refractivity contribution < 1.29 is 13.6 Å². The molecule has 0 saturated carbocycles. The number of aldehydes is 1. The van der Waals surface area contributed by atoms with Gasteiger partial charge in [0.1, 0.15) is 5.82 Å². The van der Waals surface area contributed by atoms with Crippen molar-refractivity contribution >= 4 is 6.29 Å². The minimum atomic E-state index is -0.586. The minimum Gasteiger partial charge on any atom is -0.355 e. The van der Waals surface area contributed by atoms with Gasteiger partial charge in [-0.1, -0.05) is 12.1 Å². The number of hydrogen-bond acceptors (Lipinski definition) is 3. The van der Waals surface area contributed by atoms with Crippen LogP contribution >= 0.6 is 0 Å². The Labute approximate surface area is 143 Å². The number of pyridine rings is 1. The Morgan fingerprint density at radius 1 is 1.20 bits per heavy atom. The first-order chi connectivity index (χ1) is 12.1. The Balaban J connectivity index is 2.04. The summed E-state index contributed by atoms with van der Waals surface area (Å²) >= 11 is 0. The van der Waals surface area contributed by atoms with Crippen LogP contribution in [0, 0.1) is 11.6 Å². The molecular weight excluding hydrogens is 324 g/mol. The second-order valence-electron chi connectivity index (χ2n) is 5.62. The fraction of sp³-hybridized carbons (Fsp3) is 0.158. The molecule has 2 N–H and O–H groups in total. The third-order valence-electron chi connectivity index (χ3n) is 3.97. The number of carbonyl (C=O) groups excluding carboxylic acids is 1. The van der Waals surface area contributed by atoms with Crippen LogP contribution in [-0.4, -0.2) is 29.8 Å². The van der Waals surface area contributed by atoms with E-state index in [1.165, 1.54) is 18.3 Å². The first kappa shape index (κ1) is 17.0. The highest BCUT2D eigenvalue weighted by molar-refractivity contribution is 5.82. The lowest BCUT2D eigenvalue weighted by atomic mass is 10.1. The molecule has 2 heterocycles. The summed E-state index contributed by atoms with van der Waals surface area (Å²) in [5, 5.41) is 2.97. The van der Waals surface area contributed by atoms with Crippen LogP contribution in [-0.2, 0) is 6.42 Å². The third kappa shape index (κ3) is 3.49. The molecule has 0 amide bonds. The minimum absolute atomic E-state index is 0.0365. The van der Waals surface area contributed by atoms with E-state index in [1.54, 1.807) is 31.3 Å². The van der Waals surface area contributed by atoms with E-state index in [-0.39, 0.29) is 17.1 Å². The molecule has 0 bridgehead atoms. The second-order valence-corrected chi connectivity index (χ2v) is 5.62. The summed E-state index contributed by atoms with van der Waals surface area (Å²) in [4.78, 5) is 18.5. The zero-order valence-electron chi connectivity index (χ0n) is 13.6. The van der Waals surface area contributed by atoms with E-state index in [0.717, 1.165) is 0 Å². The summed E-state index contributed by atoms with van der Waals surface area (Å²) < 4.78 is 28.1. The maximum atomic E-state index is 14.6. The van der Waals surface area contributed by atoms with Crippen molar-refractivity contribution in [2.45, 2.75) is 6.42 Å². The standard InChI is InChI=1S/C19H17F2N3O/c1-22-7-6-16-15(11-25)18(21)19(24-16)13-5-8-23-17(10-13)12-3-2-4-14(20)9-12/h2-5,8-11,22,24H,6-7H2,1H3. The number of halogens is 2. The molecule has 1 aromatic carbocycles. The van der Waals surface area contributed by atoms with E-state index in [1.807, 2.05) is 0 Å². The predicted octanol–water partition coefficient (Wildman–Crippen LogP) is 3.60. The van der Waals surface area contributed by atoms with E-state index in [9.17, 15) is 13.6 Å². The van der Waals surface area contributed by atoms with Gasteiger partial charge in [0.25, 0.3) is 0 Å². The summed E-state index contributed by atoms with van der Waals surface area (Å²) in [5.74, 6) is -0.953. The highest BCUT2D eigenvalue weighted by Gasteiger charge is 2.18. The maximum absolute atomic E-state index is 14.6. The van der Waals surface area contributed by atoms with Crippen LogP contribution in [0.4, 0.5) is 8.78 Å². The first-order valence-electron chi connectivity index (χ1n) is 7.86. The highest BCUT2D eigenvalue weighted by Crippen LogP contribution is 2.29. The Bertz CT molecular complexity index is 905. The van der Waals surface area contributed by atoms with Crippen LogP contribution in [0.25, 0.3) is 22.5 Å². The van der Waals surface area contributed by atoms with E-state index >= 15 is 0 Å². The van der Waals surface area contributed by atoms with E-state index in [0.29, 0.717) is 41.8 Å². The van der Waals surface area contributed by atoms with Gasteiger partial charge in [0.05, 0.1) is 17.0 Å². The molecule has 0 aliphatic heterocycles. The second kappa shape index (κ2) is 7.36. The number of H-pyrrole nitrogens is 1. The molecule has 4 nitrogen and oxygen atoms in total. The molecule has 0 atom stereocenters. The number of nitrogens with zero attached hydrogens (tertiary/aromatic N) is 1. The molecule has 3 rings (SSSR count). The van der Waals surface area contributed by atoms with Gasteiger partial charge in [-0.25, -0.2) is 8.78 Å². The van der Waals surface area contributed by atoms with Gasteiger partial charge >= 0.3 is 0 Å². The molecule has 0 spiro atoms. The van der Waals surface area contributed by atoms with Crippen LogP contribution in [0.5, 0.6) is 0 Å². The number of carbonyl (C=O) groups is 1. The van der Waals surface area contributed by atoms with Crippen molar-refractivity contribution in [3.05, 3.63) is 65.5 Å². The van der Waals surface area contributed by atoms with E-state index in [4.69, 9.17) is 0 Å². The highest BCUT2D eigenvalue weighted by atomic mass is 19.1. The summed E-state index contributed by atoms with van der Waals surface area (Å²) in [6.07, 6.45) is 2.56. The van der Waals surface area contributed by atoms with E-state index in [2.05, 4.69) is 15.3 Å². The van der Waals surface area contributed by atoms with Gasteiger partial charge in [-0.15, -0.1) is 0 Å². The molecule has 3 aromatic rings. The fourth-order valence-corrected chi connectivity index (χ4v) is 2.70. The molecule has 0 aliphatic rings. The number of aromatic nitrogens is 2. The van der Waals surface area contributed by atoms with Gasteiger partial charge in [-0.3, -0.25) is 9.78 Å². The van der Waals surface area contributed by atoms with Crippen LogP contribution in [0.2, 0.25) is 0 Å². The van der Waals surface area contributed by atoms with Gasteiger partial charge in [-0.2, -0.15) is 0 Å². The Morgan fingerprint density at radius 3 is 2.76 bits per heavy atom. The Kier molecular flexibility index (Phi) is 5.00. The topological polar surface area (TPSA) is 57.8 Å². The first-order valence-corrected chi connectivity index (χ1v) is 7.86. The van der Waals surface area contributed by atoms with Crippen molar-refractivity contribution in [2.24, 2.45) is 0 Å². The number of aromatic amines is 1. The van der Waals surface area contributed by atoms with Crippen molar-refractivity contribution in [2.75, 3.05) is 13.6 Å². The molecule has 0 saturated heterocycles. The Morgan fingerprint density at radius 2 is 2.04 bits per heavy atom. The van der Waals surface area contributed by atoms with Crippen LogP contribution < -0.4 is 5.32 Å². The van der Waals surface area contributed by atoms with E-state index < -0.39 is 5.82 Å². The largest absolute Gasteiger partial charge is 0.355 e. The molecule has 0 radical (unpaired) electrons. The molecule has 2 aromatic heterocycles. The summed E-state index contributed by atoms with van der Waals surface area (Å²) in [6.45, 7) is 0.616. The summed E-state index contributed by atoms with van der Waals surface area (Å²) in [6, 6.07) is 9.35. The molecule has 0 unspecified atom stereocenters. The monoisotopic (exact) mass is 341 g/mol. The van der Waals surface area contributed by atoms with Crippen molar-refractivity contribution in [1.82, 2.24) is 15.3 Å². The number of benzene rings is 1. The van der Waals surface area contributed by atoms with Crippen LogP contribution in [0.3, 0.4) is 0 Å². The number of rotatable bonds is 6. The number of hydrogen-bond donors (Lipinski definition) is 2.